The lowest BCUT2D eigenvalue weighted by molar-refractivity contribution is -0.136. The first kappa shape index (κ1) is 14.3. The molecule has 1 unspecified atom stereocenters. The van der Waals surface area contributed by atoms with Gasteiger partial charge in [0, 0.05) is 19.6 Å². The lowest BCUT2D eigenvalue weighted by atomic mass is 10.1. The number of hydrogen-bond donors (Lipinski definition) is 3. The van der Waals surface area contributed by atoms with Crippen LogP contribution in [-0.4, -0.2) is 31.4 Å². The fraction of sp³-hybridized carbons (Fsp3) is 0.818. The Balaban J connectivity index is 0.00000144. The maximum atomic E-state index is 11.8. The Labute approximate surface area is 107 Å². The van der Waals surface area contributed by atoms with Gasteiger partial charge in [-0.1, -0.05) is 0 Å². The average Bonchev–Trinajstić information content (AvgIpc) is 3.16. The molecule has 0 spiro atoms. The van der Waals surface area contributed by atoms with Gasteiger partial charge in [0.05, 0.1) is 0 Å². The number of carbonyl (C=O) groups is 2. The van der Waals surface area contributed by atoms with Gasteiger partial charge in [-0.25, -0.2) is 0 Å². The molecular weight excluding hydrogens is 242 g/mol. The van der Waals surface area contributed by atoms with Gasteiger partial charge >= 0.3 is 0 Å². The maximum absolute atomic E-state index is 11.8. The highest BCUT2D eigenvalue weighted by Gasteiger charge is 2.56. The molecule has 0 radical (unpaired) electrons. The molecule has 5 nitrogen and oxygen atoms in total. The second kappa shape index (κ2) is 5.23. The molecule has 17 heavy (non-hydrogen) atoms. The predicted molar refractivity (Wildman–Crippen MR) is 66.7 cm³/mol. The van der Waals surface area contributed by atoms with E-state index < -0.39 is 5.41 Å². The standard InChI is InChI=1S/C11H19N3O2.ClH/c1-13-9(15)11(4-5-11)10(16)14-6-8(12)7-2-3-7;/h7-8H,2-6,12H2,1H3,(H,13,15)(H,14,16);1H. The first-order valence-electron chi connectivity index (χ1n) is 5.86. The molecule has 0 aromatic heterocycles. The Hall–Kier alpha value is -0.810. The van der Waals surface area contributed by atoms with Gasteiger partial charge in [0.1, 0.15) is 5.41 Å². The van der Waals surface area contributed by atoms with E-state index in [9.17, 15) is 9.59 Å². The van der Waals surface area contributed by atoms with Gasteiger partial charge in [-0.2, -0.15) is 0 Å². The molecule has 0 heterocycles. The van der Waals surface area contributed by atoms with E-state index in [0.717, 1.165) is 12.8 Å². The lowest BCUT2D eigenvalue weighted by Crippen LogP contribution is -2.46. The minimum absolute atomic E-state index is 0. The molecule has 2 fully saturated rings. The maximum Gasteiger partial charge on any atom is 0.235 e. The van der Waals surface area contributed by atoms with Crippen LogP contribution in [0.15, 0.2) is 0 Å². The van der Waals surface area contributed by atoms with Crippen LogP contribution in [0.2, 0.25) is 0 Å². The van der Waals surface area contributed by atoms with Gasteiger partial charge in [0.15, 0.2) is 0 Å². The van der Waals surface area contributed by atoms with E-state index >= 15 is 0 Å². The van der Waals surface area contributed by atoms with E-state index in [2.05, 4.69) is 10.6 Å². The summed E-state index contributed by atoms with van der Waals surface area (Å²) in [5.74, 6) is 0.225. The lowest BCUT2D eigenvalue weighted by Gasteiger charge is -2.16. The number of nitrogens with one attached hydrogen (secondary N) is 2. The zero-order valence-electron chi connectivity index (χ0n) is 9.99. The third kappa shape index (κ3) is 2.90. The zero-order valence-corrected chi connectivity index (χ0v) is 10.8. The molecule has 0 aromatic carbocycles. The second-order valence-corrected chi connectivity index (χ2v) is 4.87. The third-order valence-electron chi connectivity index (χ3n) is 3.57. The third-order valence-corrected chi connectivity index (χ3v) is 3.57. The van der Waals surface area contributed by atoms with Crippen molar-refractivity contribution in [3.63, 3.8) is 0 Å². The molecule has 0 aliphatic heterocycles. The summed E-state index contributed by atoms with van der Waals surface area (Å²) in [7, 11) is 1.56. The van der Waals surface area contributed by atoms with Crippen LogP contribution in [0.5, 0.6) is 0 Å². The highest BCUT2D eigenvalue weighted by atomic mass is 35.5. The molecule has 0 bridgehead atoms. The van der Waals surface area contributed by atoms with Crippen molar-refractivity contribution in [1.82, 2.24) is 10.6 Å². The molecule has 1 atom stereocenters. The molecule has 6 heteroatoms. The monoisotopic (exact) mass is 261 g/mol. The van der Waals surface area contributed by atoms with Gasteiger partial charge in [-0.3, -0.25) is 9.59 Å². The fourth-order valence-electron chi connectivity index (χ4n) is 1.99. The van der Waals surface area contributed by atoms with Crippen LogP contribution in [0.1, 0.15) is 25.7 Å². The Morgan fingerprint density at radius 2 is 1.94 bits per heavy atom. The summed E-state index contributed by atoms with van der Waals surface area (Å²) in [5.41, 5.74) is 5.09. The summed E-state index contributed by atoms with van der Waals surface area (Å²) in [6, 6.07) is 0.0458. The first-order chi connectivity index (χ1) is 7.60. The van der Waals surface area contributed by atoms with Crippen molar-refractivity contribution >= 4 is 24.2 Å². The van der Waals surface area contributed by atoms with E-state index in [4.69, 9.17) is 5.73 Å². The molecule has 2 aliphatic carbocycles. The average molecular weight is 262 g/mol. The predicted octanol–water partition coefficient (Wildman–Crippen LogP) is -0.212. The van der Waals surface area contributed by atoms with Gasteiger partial charge in [0.25, 0.3) is 0 Å². The summed E-state index contributed by atoms with van der Waals surface area (Å²) in [6.07, 6.45) is 3.63. The van der Waals surface area contributed by atoms with E-state index in [1.54, 1.807) is 7.05 Å². The molecule has 2 saturated carbocycles. The highest BCUT2D eigenvalue weighted by Crippen LogP contribution is 2.46. The largest absolute Gasteiger partial charge is 0.358 e. The summed E-state index contributed by atoms with van der Waals surface area (Å²) >= 11 is 0. The fourth-order valence-corrected chi connectivity index (χ4v) is 1.99. The Morgan fingerprint density at radius 3 is 2.35 bits per heavy atom. The minimum Gasteiger partial charge on any atom is -0.358 e. The summed E-state index contributed by atoms with van der Waals surface area (Å²) in [6.45, 7) is 0.488. The van der Waals surface area contributed by atoms with Gasteiger partial charge in [-0.05, 0) is 31.6 Å². The number of hydrogen-bond acceptors (Lipinski definition) is 3. The molecule has 0 aromatic rings. The van der Waals surface area contributed by atoms with Crippen LogP contribution in [0.25, 0.3) is 0 Å². The zero-order chi connectivity index (χ0) is 11.8. The van der Waals surface area contributed by atoms with Gasteiger partial charge in [0.2, 0.25) is 11.8 Å². The van der Waals surface area contributed by atoms with Crippen LogP contribution < -0.4 is 16.4 Å². The topological polar surface area (TPSA) is 84.2 Å². The summed E-state index contributed by atoms with van der Waals surface area (Å²) in [5, 5.41) is 5.34. The number of rotatable bonds is 5. The van der Waals surface area contributed by atoms with Crippen LogP contribution in [0.3, 0.4) is 0 Å². The van der Waals surface area contributed by atoms with Crippen molar-refractivity contribution in [3.8, 4) is 0 Å². The number of amides is 2. The van der Waals surface area contributed by atoms with Crippen molar-refractivity contribution in [3.05, 3.63) is 0 Å². The van der Waals surface area contributed by atoms with E-state index in [-0.39, 0.29) is 30.3 Å². The van der Waals surface area contributed by atoms with Gasteiger partial charge in [-0.15, -0.1) is 12.4 Å². The Kier molecular flexibility index (Phi) is 4.38. The molecule has 2 amide bonds. The molecule has 4 N–H and O–H groups in total. The van der Waals surface area contributed by atoms with E-state index in [1.165, 1.54) is 0 Å². The van der Waals surface area contributed by atoms with Crippen LogP contribution in [-0.2, 0) is 9.59 Å². The van der Waals surface area contributed by atoms with E-state index in [1.807, 2.05) is 0 Å². The molecule has 0 saturated heterocycles. The smallest absolute Gasteiger partial charge is 0.235 e. The minimum atomic E-state index is -0.794. The number of carbonyl (C=O) groups excluding carboxylic acids is 2. The van der Waals surface area contributed by atoms with Crippen molar-refractivity contribution in [1.29, 1.82) is 0 Å². The Bertz CT molecular complexity index is 314. The summed E-state index contributed by atoms with van der Waals surface area (Å²) < 4.78 is 0. The quantitative estimate of drug-likeness (QED) is 0.599. The SMILES string of the molecule is CNC(=O)C1(C(=O)NCC(N)C2CC2)CC1.Cl. The molecule has 2 aliphatic rings. The first-order valence-corrected chi connectivity index (χ1v) is 5.86. The second-order valence-electron chi connectivity index (χ2n) is 4.87. The van der Waals surface area contributed by atoms with Crippen LogP contribution in [0.4, 0.5) is 0 Å². The molecule has 2 rings (SSSR count). The summed E-state index contributed by atoms with van der Waals surface area (Å²) in [4.78, 5) is 23.4. The van der Waals surface area contributed by atoms with Crippen molar-refractivity contribution in [2.24, 2.45) is 17.1 Å². The Morgan fingerprint density at radius 1 is 1.35 bits per heavy atom. The molecular formula is C11H20ClN3O2. The van der Waals surface area contributed by atoms with Crippen molar-refractivity contribution in [2.45, 2.75) is 31.7 Å². The normalized spacial score (nSPS) is 22.0. The van der Waals surface area contributed by atoms with Crippen LogP contribution in [0, 0.1) is 11.3 Å². The number of nitrogens with two attached hydrogens (primary N) is 1. The highest BCUT2D eigenvalue weighted by molar-refractivity contribution is 6.07. The molecule has 98 valence electrons. The number of halogens is 1. The van der Waals surface area contributed by atoms with E-state index in [0.29, 0.717) is 25.3 Å². The van der Waals surface area contributed by atoms with Crippen molar-refractivity contribution < 1.29 is 9.59 Å². The van der Waals surface area contributed by atoms with Crippen LogP contribution >= 0.6 is 12.4 Å². The van der Waals surface area contributed by atoms with Gasteiger partial charge < -0.3 is 16.4 Å². The van der Waals surface area contributed by atoms with Crippen molar-refractivity contribution in [2.75, 3.05) is 13.6 Å².